The highest BCUT2D eigenvalue weighted by molar-refractivity contribution is 7.56. The highest BCUT2D eigenvalue weighted by atomic mass is 31.2. The second-order valence-corrected chi connectivity index (χ2v) is 6.57. The molecular weight excluding hydrogens is 331 g/mol. The number of H-pyrrole nitrogens is 1. The molecule has 1 aromatic heterocycles. The molecule has 2 rings (SSSR count). The van der Waals surface area contributed by atoms with E-state index < -0.39 is 50.0 Å². The Hall–Kier alpha value is -1.55. The minimum atomic E-state index is -3.97. The van der Waals surface area contributed by atoms with Crippen LogP contribution in [0.3, 0.4) is 0 Å². The van der Waals surface area contributed by atoms with Crippen molar-refractivity contribution in [3.8, 4) is 0 Å². The summed E-state index contributed by atoms with van der Waals surface area (Å²) in [7, 11) is -2.66. The van der Waals surface area contributed by atoms with E-state index in [0.29, 0.717) is 0 Å². The van der Waals surface area contributed by atoms with E-state index in [4.69, 9.17) is 14.0 Å². The molecule has 10 nitrogen and oxygen atoms in total. The first-order valence-electron chi connectivity index (χ1n) is 6.57. The highest BCUT2D eigenvalue weighted by Gasteiger charge is 2.46. The average Bonchev–Trinajstić information content (AvgIpc) is 2.81. The summed E-state index contributed by atoms with van der Waals surface area (Å²) in [6.07, 6.45) is -2.99. The lowest BCUT2D eigenvalue weighted by atomic mass is 10.1. The van der Waals surface area contributed by atoms with E-state index >= 15 is 0 Å². The van der Waals surface area contributed by atoms with Crippen LogP contribution in [0.5, 0.6) is 0 Å². The molecular formula is C12H17N2O8P. The van der Waals surface area contributed by atoms with Crippen LogP contribution in [0, 0.1) is 0 Å². The van der Waals surface area contributed by atoms with Crippen LogP contribution in [0.4, 0.5) is 0 Å². The Balaban J connectivity index is 2.22. The van der Waals surface area contributed by atoms with Gasteiger partial charge in [-0.25, -0.2) is 4.79 Å². The summed E-state index contributed by atoms with van der Waals surface area (Å²) in [5.74, 6) is 0.756. The molecule has 0 bridgehead atoms. The normalized spacial score (nSPS) is 30.0. The van der Waals surface area contributed by atoms with Crippen molar-refractivity contribution in [1.29, 1.82) is 0 Å². The lowest BCUT2D eigenvalue weighted by Crippen LogP contribution is -2.38. The molecule has 0 radical (unpaired) electrons. The first-order valence-corrected chi connectivity index (χ1v) is 8.22. The zero-order valence-corrected chi connectivity index (χ0v) is 13.1. The zero-order chi connectivity index (χ0) is 17.2. The molecule has 0 amide bonds. The molecule has 1 saturated heterocycles. The summed E-state index contributed by atoms with van der Waals surface area (Å²) in [5.41, 5.74) is -1.32. The fourth-order valence-corrected chi connectivity index (χ4v) is 2.66. The second kappa shape index (κ2) is 6.91. The van der Waals surface area contributed by atoms with Gasteiger partial charge in [-0.05, 0) is 0 Å². The summed E-state index contributed by atoms with van der Waals surface area (Å²) < 4.78 is 27.8. The Morgan fingerprint density at radius 3 is 2.83 bits per heavy atom. The maximum atomic E-state index is 11.8. The lowest BCUT2D eigenvalue weighted by Gasteiger charge is -2.19. The molecule has 23 heavy (non-hydrogen) atoms. The third-order valence-electron chi connectivity index (χ3n) is 3.36. The van der Waals surface area contributed by atoms with Crippen molar-refractivity contribution in [2.75, 3.05) is 13.7 Å². The Labute approximate surface area is 130 Å². The van der Waals surface area contributed by atoms with Crippen molar-refractivity contribution in [1.82, 2.24) is 9.55 Å². The van der Waals surface area contributed by atoms with Gasteiger partial charge in [0.15, 0.2) is 6.23 Å². The van der Waals surface area contributed by atoms with Crippen LogP contribution in [0.2, 0.25) is 0 Å². The van der Waals surface area contributed by atoms with Crippen LogP contribution in [0.25, 0.3) is 0 Å². The van der Waals surface area contributed by atoms with Crippen molar-refractivity contribution in [3.63, 3.8) is 0 Å². The van der Waals surface area contributed by atoms with Gasteiger partial charge < -0.3 is 24.0 Å². The molecule has 0 aliphatic carbocycles. The van der Waals surface area contributed by atoms with Crippen LogP contribution < -0.4 is 11.2 Å². The fraction of sp³-hybridized carbons (Fsp3) is 0.500. The number of aromatic amines is 1. The zero-order valence-electron chi connectivity index (χ0n) is 12.2. The Kier molecular flexibility index (Phi) is 5.35. The predicted molar refractivity (Wildman–Crippen MR) is 78.0 cm³/mol. The summed E-state index contributed by atoms with van der Waals surface area (Å²) in [6, 6.07) is 1.12. The molecule has 1 aromatic rings. The first kappa shape index (κ1) is 17.8. The molecule has 1 unspecified atom stereocenters. The topological polar surface area (TPSA) is 140 Å². The third-order valence-corrected chi connectivity index (χ3v) is 4.35. The molecule has 0 saturated carbocycles. The van der Waals surface area contributed by atoms with E-state index in [0.717, 1.165) is 16.5 Å². The van der Waals surface area contributed by atoms with Gasteiger partial charge in [0.05, 0.1) is 6.61 Å². The van der Waals surface area contributed by atoms with Gasteiger partial charge in [-0.1, -0.05) is 6.58 Å². The molecule has 0 aromatic carbocycles. The summed E-state index contributed by atoms with van der Waals surface area (Å²) in [4.78, 5) is 34.3. The van der Waals surface area contributed by atoms with Gasteiger partial charge >= 0.3 is 13.3 Å². The number of ether oxygens (including phenoxy) is 2. The van der Waals surface area contributed by atoms with Crippen molar-refractivity contribution in [2.24, 2.45) is 0 Å². The maximum Gasteiger partial charge on any atom is 0.351 e. The number of hydrogen-bond acceptors (Lipinski definition) is 7. The number of hydrogen-bond donors (Lipinski definition) is 3. The number of aliphatic hydroxyl groups excluding tert-OH is 1. The summed E-state index contributed by atoms with van der Waals surface area (Å²) >= 11 is 0. The molecule has 1 fully saturated rings. The van der Waals surface area contributed by atoms with Crippen LogP contribution >= 0.6 is 7.60 Å². The first-order chi connectivity index (χ1) is 10.8. The van der Waals surface area contributed by atoms with Gasteiger partial charge in [0.2, 0.25) is 0 Å². The molecule has 128 valence electrons. The van der Waals surface area contributed by atoms with Crippen molar-refractivity contribution < 1.29 is 28.6 Å². The van der Waals surface area contributed by atoms with Crippen LogP contribution in [-0.2, 0) is 18.6 Å². The summed E-state index contributed by atoms with van der Waals surface area (Å²) in [5, 5.41) is 10.2. The maximum absolute atomic E-state index is 11.8. The number of methoxy groups -OCH3 is 1. The van der Waals surface area contributed by atoms with Crippen molar-refractivity contribution >= 4 is 7.60 Å². The molecule has 3 N–H and O–H groups in total. The molecule has 5 atom stereocenters. The number of aromatic nitrogens is 2. The molecule has 2 heterocycles. The standard InChI is InChI=1S/C12H17N2O8P/c1-3-23(18,19)21-6-7-9(16)10(20-2)11(22-7)14-5-4-8(15)13-12(14)17/h3-5,7,9-11,16H,1,6H2,2H3,(H,18,19)(H,13,15,17)/t7-,9+,10-,11-/m1/s1. The van der Waals surface area contributed by atoms with Gasteiger partial charge in [0, 0.05) is 25.2 Å². The quantitative estimate of drug-likeness (QED) is 0.565. The predicted octanol–water partition coefficient (Wildman–Crippen LogP) is -0.845. The fourth-order valence-electron chi connectivity index (χ4n) is 2.20. The van der Waals surface area contributed by atoms with E-state index in [1.807, 2.05) is 0 Å². The van der Waals surface area contributed by atoms with Crippen molar-refractivity contribution in [3.05, 3.63) is 45.5 Å². The van der Waals surface area contributed by atoms with E-state index in [1.165, 1.54) is 13.3 Å². The minimum Gasteiger partial charge on any atom is -0.387 e. The number of nitrogens with zero attached hydrogens (tertiary/aromatic N) is 1. The van der Waals surface area contributed by atoms with Crippen LogP contribution in [0.15, 0.2) is 34.2 Å². The molecule has 0 spiro atoms. The van der Waals surface area contributed by atoms with Crippen LogP contribution in [0.1, 0.15) is 6.23 Å². The van der Waals surface area contributed by atoms with Gasteiger partial charge in [-0.15, -0.1) is 0 Å². The summed E-state index contributed by atoms with van der Waals surface area (Å²) in [6.45, 7) is 2.76. The Bertz CT molecular complexity index is 728. The molecule has 11 heteroatoms. The third kappa shape index (κ3) is 3.86. The lowest BCUT2D eigenvalue weighted by molar-refractivity contribution is -0.0607. The van der Waals surface area contributed by atoms with Gasteiger partial charge in [0.1, 0.15) is 18.3 Å². The Morgan fingerprint density at radius 1 is 1.57 bits per heavy atom. The van der Waals surface area contributed by atoms with E-state index in [-0.39, 0.29) is 0 Å². The molecule has 1 aliphatic heterocycles. The second-order valence-electron chi connectivity index (χ2n) is 4.82. The van der Waals surface area contributed by atoms with Gasteiger partial charge in [-0.3, -0.25) is 18.9 Å². The van der Waals surface area contributed by atoms with E-state index in [2.05, 4.69) is 11.6 Å². The SMILES string of the molecule is C=CP(=O)(O)OC[C@H]1O[C@@H](n2ccc(=O)[nH]c2=O)[C@H](OC)[C@H]1O. The Morgan fingerprint density at radius 2 is 2.26 bits per heavy atom. The monoisotopic (exact) mass is 348 g/mol. The van der Waals surface area contributed by atoms with Gasteiger partial charge in [-0.2, -0.15) is 0 Å². The highest BCUT2D eigenvalue weighted by Crippen LogP contribution is 2.44. The smallest absolute Gasteiger partial charge is 0.351 e. The number of aliphatic hydroxyl groups is 1. The number of nitrogens with one attached hydrogen (secondary N) is 1. The molecule has 1 aliphatic rings. The van der Waals surface area contributed by atoms with Gasteiger partial charge in [0.25, 0.3) is 5.56 Å². The van der Waals surface area contributed by atoms with Crippen molar-refractivity contribution in [2.45, 2.75) is 24.5 Å². The minimum absolute atomic E-state index is 0.407. The van der Waals surface area contributed by atoms with E-state index in [9.17, 15) is 24.2 Å². The van der Waals surface area contributed by atoms with E-state index in [1.54, 1.807) is 0 Å². The average molecular weight is 348 g/mol. The number of rotatable bonds is 6. The van der Waals surface area contributed by atoms with Crippen LogP contribution in [-0.4, -0.2) is 51.6 Å². The largest absolute Gasteiger partial charge is 0.387 e.